The fourth-order valence-corrected chi connectivity index (χ4v) is 5.40. The summed E-state index contributed by atoms with van der Waals surface area (Å²) in [6, 6.07) is 28.9. The Morgan fingerprint density at radius 2 is 1.32 bits per heavy atom. The van der Waals surface area contributed by atoms with Gasteiger partial charge in [0, 0.05) is 17.0 Å². The van der Waals surface area contributed by atoms with E-state index in [1.54, 1.807) is 36.4 Å². The Hall–Kier alpha value is -5.83. The van der Waals surface area contributed by atoms with Gasteiger partial charge < -0.3 is 9.15 Å². The van der Waals surface area contributed by atoms with Crippen molar-refractivity contribution in [3.05, 3.63) is 164 Å². The molecule has 0 spiro atoms. The van der Waals surface area contributed by atoms with Gasteiger partial charge in [0.15, 0.2) is 0 Å². The number of nitrogens with one attached hydrogen (secondary N) is 2. The summed E-state index contributed by atoms with van der Waals surface area (Å²) in [7, 11) is 0. The molecule has 0 atom stereocenters. The first-order valence-corrected chi connectivity index (χ1v) is 14.1. The highest BCUT2D eigenvalue weighted by atomic mass is 16.5. The van der Waals surface area contributed by atoms with Crippen LogP contribution in [-0.2, 0) is 4.74 Å². The Morgan fingerprint density at radius 3 is 1.82 bits per heavy atom. The molecule has 6 rings (SSSR count). The van der Waals surface area contributed by atoms with Gasteiger partial charge in [0.1, 0.15) is 18.1 Å². The van der Waals surface area contributed by atoms with E-state index in [9.17, 15) is 14.4 Å². The van der Waals surface area contributed by atoms with Crippen LogP contribution in [-0.4, -0.2) is 32.1 Å². The number of furan rings is 1. The standard InChI is InChI=1S/C35H30N4O5/c1-4-21-43-35(42)25-17-15-24(16-18-25)28-19-20-29(44-28)32(30-22(2)36-38(33(30)40)26-11-7-5-8-12-26)31-23(3)37-39(34(31)41)27-13-9-6-10-14-27/h4-20,32,36-37H,1,21H2,2-3H3. The second-order valence-corrected chi connectivity index (χ2v) is 10.4. The first-order chi connectivity index (χ1) is 21.4. The third kappa shape index (κ3) is 5.15. The highest BCUT2D eigenvalue weighted by molar-refractivity contribution is 5.90. The molecule has 0 saturated heterocycles. The average Bonchev–Trinajstić information content (AvgIpc) is 3.74. The lowest BCUT2D eigenvalue weighted by atomic mass is 9.89. The molecule has 0 aliphatic rings. The van der Waals surface area contributed by atoms with Crippen LogP contribution in [0.2, 0.25) is 0 Å². The Bertz CT molecular complexity index is 1960. The lowest BCUT2D eigenvalue weighted by Gasteiger charge is -2.13. The van der Waals surface area contributed by atoms with Gasteiger partial charge in [-0.25, -0.2) is 14.2 Å². The summed E-state index contributed by atoms with van der Waals surface area (Å²) >= 11 is 0. The number of benzene rings is 3. The number of ether oxygens (including phenoxy) is 1. The molecule has 3 heterocycles. The maximum Gasteiger partial charge on any atom is 0.338 e. The van der Waals surface area contributed by atoms with Crippen LogP contribution in [0.1, 0.15) is 44.6 Å². The Kier molecular flexibility index (Phi) is 7.59. The summed E-state index contributed by atoms with van der Waals surface area (Å²) in [5, 5.41) is 6.38. The predicted octanol–water partition coefficient (Wildman–Crippen LogP) is 6.04. The lowest BCUT2D eigenvalue weighted by Crippen LogP contribution is -2.25. The number of aryl methyl sites for hydroxylation is 2. The summed E-state index contributed by atoms with van der Waals surface area (Å²) < 4.78 is 14.5. The average molecular weight is 587 g/mol. The Balaban J connectivity index is 1.48. The fourth-order valence-electron chi connectivity index (χ4n) is 5.40. The van der Waals surface area contributed by atoms with Crippen LogP contribution >= 0.6 is 0 Å². The largest absolute Gasteiger partial charge is 0.460 e. The minimum Gasteiger partial charge on any atom is -0.460 e. The van der Waals surface area contributed by atoms with Crippen molar-refractivity contribution in [3.8, 4) is 22.7 Å². The predicted molar refractivity (Wildman–Crippen MR) is 168 cm³/mol. The number of rotatable bonds is 9. The summed E-state index contributed by atoms with van der Waals surface area (Å²) in [4.78, 5) is 40.3. The number of H-pyrrole nitrogens is 2. The van der Waals surface area contributed by atoms with Crippen molar-refractivity contribution in [2.24, 2.45) is 0 Å². The number of aromatic amines is 2. The van der Waals surface area contributed by atoms with Crippen LogP contribution in [0.5, 0.6) is 0 Å². The maximum absolute atomic E-state index is 14.1. The van der Waals surface area contributed by atoms with Gasteiger partial charge in [-0.1, -0.05) is 61.2 Å². The molecule has 9 heteroatoms. The number of para-hydroxylation sites is 2. The lowest BCUT2D eigenvalue weighted by molar-refractivity contribution is 0.0549. The smallest absolute Gasteiger partial charge is 0.338 e. The van der Waals surface area contributed by atoms with Crippen molar-refractivity contribution < 1.29 is 13.9 Å². The highest BCUT2D eigenvalue weighted by Gasteiger charge is 2.33. The first kappa shape index (κ1) is 28.3. The Morgan fingerprint density at radius 1 is 0.795 bits per heavy atom. The van der Waals surface area contributed by atoms with Crippen molar-refractivity contribution in [1.82, 2.24) is 19.6 Å². The van der Waals surface area contributed by atoms with E-state index >= 15 is 0 Å². The summed E-state index contributed by atoms with van der Waals surface area (Å²) in [5.74, 6) is -0.330. The van der Waals surface area contributed by atoms with Crippen molar-refractivity contribution in [3.63, 3.8) is 0 Å². The van der Waals surface area contributed by atoms with E-state index in [1.807, 2.05) is 74.5 Å². The summed E-state index contributed by atoms with van der Waals surface area (Å²) in [5.41, 5.74) is 3.89. The molecule has 2 N–H and O–H groups in total. The SMILES string of the molecule is C=CCOC(=O)c1ccc(-c2ccc(C(c3c(C)[nH]n(-c4ccccc4)c3=O)c3c(C)[nH]n(-c4ccccc4)c3=O)o2)cc1. The van der Waals surface area contributed by atoms with Gasteiger partial charge in [-0.05, 0) is 62.4 Å². The van der Waals surface area contributed by atoms with E-state index < -0.39 is 11.9 Å². The molecule has 0 unspecified atom stereocenters. The van der Waals surface area contributed by atoms with Crippen molar-refractivity contribution in [1.29, 1.82) is 0 Å². The van der Waals surface area contributed by atoms with Gasteiger partial charge in [0.05, 0.1) is 34.0 Å². The molecular formula is C35H30N4O5. The molecular weight excluding hydrogens is 556 g/mol. The first-order valence-electron chi connectivity index (χ1n) is 14.1. The van der Waals surface area contributed by atoms with Crippen LogP contribution in [0.3, 0.4) is 0 Å². The van der Waals surface area contributed by atoms with Gasteiger partial charge in [-0.2, -0.15) is 0 Å². The molecule has 0 radical (unpaired) electrons. The topological polar surface area (TPSA) is 115 Å². The van der Waals surface area contributed by atoms with Gasteiger partial charge in [0.2, 0.25) is 0 Å². The second-order valence-electron chi connectivity index (χ2n) is 10.4. The van der Waals surface area contributed by atoms with Gasteiger partial charge in [0.25, 0.3) is 11.1 Å². The molecule has 44 heavy (non-hydrogen) atoms. The monoisotopic (exact) mass is 586 g/mol. The zero-order valence-corrected chi connectivity index (χ0v) is 24.2. The molecule has 0 aliphatic heterocycles. The number of carbonyl (C=O) groups is 1. The van der Waals surface area contributed by atoms with Crippen LogP contribution in [0, 0.1) is 13.8 Å². The maximum atomic E-state index is 14.1. The fraction of sp³-hybridized carbons (Fsp3) is 0.114. The number of esters is 1. The molecule has 0 bridgehead atoms. The molecule has 3 aromatic heterocycles. The number of hydrogen-bond donors (Lipinski definition) is 2. The van der Waals surface area contributed by atoms with E-state index in [2.05, 4.69) is 16.8 Å². The molecule has 3 aromatic carbocycles. The molecule has 0 fully saturated rings. The molecule has 6 aromatic rings. The van der Waals surface area contributed by atoms with Crippen molar-refractivity contribution in [2.75, 3.05) is 6.61 Å². The molecule has 0 amide bonds. The van der Waals surface area contributed by atoms with Crippen LogP contribution < -0.4 is 11.1 Å². The molecule has 9 nitrogen and oxygen atoms in total. The number of nitrogens with zero attached hydrogens (tertiary/aromatic N) is 2. The number of carbonyl (C=O) groups excluding carboxylic acids is 1. The minimum absolute atomic E-state index is 0.124. The van der Waals surface area contributed by atoms with Crippen molar-refractivity contribution >= 4 is 5.97 Å². The third-order valence-corrected chi connectivity index (χ3v) is 7.49. The van der Waals surface area contributed by atoms with Crippen molar-refractivity contribution in [2.45, 2.75) is 19.8 Å². The number of hydrogen-bond acceptors (Lipinski definition) is 5. The normalized spacial score (nSPS) is 11.2. The van der Waals surface area contributed by atoms with Gasteiger partial charge >= 0.3 is 5.97 Å². The van der Waals surface area contributed by atoms with Gasteiger partial charge in [-0.3, -0.25) is 19.8 Å². The molecule has 220 valence electrons. The third-order valence-electron chi connectivity index (χ3n) is 7.49. The minimum atomic E-state index is -0.820. The van der Waals surface area contributed by atoms with Crippen LogP contribution in [0.25, 0.3) is 22.7 Å². The zero-order chi connectivity index (χ0) is 30.8. The quantitative estimate of drug-likeness (QED) is 0.158. The summed E-state index contributed by atoms with van der Waals surface area (Å²) in [6.07, 6.45) is 1.51. The molecule has 0 saturated carbocycles. The van der Waals surface area contributed by atoms with Crippen LogP contribution in [0.4, 0.5) is 0 Å². The highest BCUT2D eigenvalue weighted by Crippen LogP contribution is 2.35. The second kappa shape index (κ2) is 11.8. The van der Waals surface area contributed by atoms with E-state index in [0.29, 0.717) is 51.0 Å². The van der Waals surface area contributed by atoms with E-state index in [0.717, 1.165) is 5.56 Å². The zero-order valence-electron chi connectivity index (χ0n) is 24.2. The van der Waals surface area contributed by atoms with E-state index in [-0.39, 0.29) is 17.7 Å². The Labute approximate surface area is 252 Å². The van der Waals surface area contributed by atoms with Gasteiger partial charge in [-0.15, -0.1) is 0 Å². The summed E-state index contributed by atoms with van der Waals surface area (Å²) in [6.45, 7) is 7.31. The van der Waals surface area contributed by atoms with E-state index in [1.165, 1.54) is 15.4 Å². The number of aromatic nitrogens is 4. The van der Waals surface area contributed by atoms with Crippen LogP contribution in [0.15, 0.2) is 124 Å². The van der Waals surface area contributed by atoms with E-state index in [4.69, 9.17) is 9.15 Å². The molecule has 0 aliphatic carbocycles.